The molecule has 1 aromatic carbocycles. The van der Waals surface area contributed by atoms with E-state index >= 15 is 0 Å². The predicted octanol–water partition coefficient (Wildman–Crippen LogP) is 2.76. The standard InChI is InChI=1S/C11H15N3S/c1-3-9(2)13-14-11(15)12-10-7-5-4-6-8-10/h4-8H,3H2,1-2H3,(H2,12,14,15)/b13-9+. The summed E-state index contributed by atoms with van der Waals surface area (Å²) >= 11 is 5.07. The Morgan fingerprint density at radius 1 is 1.33 bits per heavy atom. The van der Waals surface area contributed by atoms with Gasteiger partial charge in [-0.25, -0.2) is 0 Å². The number of nitrogens with one attached hydrogen (secondary N) is 2. The van der Waals surface area contributed by atoms with Crippen LogP contribution in [0.2, 0.25) is 0 Å². The summed E-state index contributed by atoms with van der Waals surface area (Å²) in [6.07, 6.45) is 0.918. The lowest BCUT2D eigenvalue weighted by Crippen LogP contribution is -2.24. The molecule has 0 fully saturated rings. The SMILES string of the molecule is CC/C(C)=N/NC(=S)Nc1ccccc1. The Morgan fingerprint density at radius 3 is 2.60 bits per heavy atom. The van der Waals surface area contributed by atoms with Gasteiger partial charge in [-0.2, -0.15) is 5.10 Å². The van der Waals surface area contributed by atoms with Crippen molar-refractivity contribution >= 4 is 28.7 Å². The molecule has 0 radical (unpaired) electrons. The molecule has 0 atom stereocenters. The third-order valence-corrected chi connectivity index (χ3v) is 2.08. The zero-order chi connectivity index (χ0) is 11.1. The van der Waals surface area contributed by atoms with Crippen molar-refractivity contribution in [1.82, 2.24) is 5.43 Å². The maximum atomic E-state index is 5.07. The third-order valence-electron chi connectivity index (χ3n) is 1.89. The molecule has 0 heterocycles. The van der Waals surface area contributed by atoms with Crippen LogP contribution < -0.4 is 10.7 Å². The number of benzene rings is 1. The van der Waals surface area contributed by atoms with Gasteiger partial charge in [-0.05, 0) is 37.7 Å². The zero-order valence-corrected chi connectivity index (χ0v) is 9.77. The molecule has 0 unspecified atom stereocenters. The lowest BCUT2D eigenvalue weighted by Gasteiger charge is -2.06. The lowest BCUT2D eigenvalue weighted by atomic mass is 10.3. The average Bonchev–Trinajstić information content (AvgIpc) is 2.27. The van der Waals surface area contributed by atoms with Crippen molar-refractivity contribution in [1.29, 1.82) is 0 Å². The average molecular weight is 221 g/mol. The van der Waals surface area contributed by atoms with Crippen LogP contribution in [-0.2, 0) is 0 Å². The van der Waals surface area contributed by atoms with Crippen LogP contribution in [0.1, 0.15) is 20.3 Å². The van der Waals surface area contributed by atoms with Crippen LogP contribution in [-0.4, -0.2) is 10.8 Å². The summed E-state index contributed by atoms with van der Waals surface area (Å²) in [7, 11) is 0. The van der Waals surface area contributed by atoms with Gasteiger partial charge in [-0.3, -0.25) is 5.43 Å². The quantitative estimate of drug-likeness (QED) is 0.468. The third kappa shape index (κ3) is 4.56. The van der Waals surface area contributed by atoms with Crippen LogP contribution in [0.4, 0.5) is 5.69 Å². The largest absolute Gasteiger partial charge is 0.331 e. The summed E-state index contributed by atoms with van der Waals surface area (Å²) in [6.45, 7) is 4.01. The normalized spacial score (nSPS) is 10.9. The van der Waals surface area contributed by atoms with E-state index in [1.54, 1.807) is 0 Å². The number of anilines is 1. The minimum atomic E-state index is 0.508. The van der Waals surface area contributed by atoms with Gasteiger partial charge in [0.2, 0.25) is 0 Å². The van der Waals surface area contributed by atoms with E-state index in [0.717, 1.165) is 17.8 Å². The van der Waals surface area contributed by atoms with Gasteiger partial charge in [0.1, 0.15) is 0 Å². The Hall–Kier alpha value is -1.42. The van der Waals surface area contributed by atoms with E-state index in [2.05, 4.69) is 15.8 Å². The molecule has 0 aliphatic carbocycles. The minimum absolute atomic E-state index is 0.508. The molecule has 0 spiro atoms. The number of hydrogen-bond donors (Lipinski definition) is 2. The highest BCUT2D eigenvalue weighted by Gasteiger charge is 1.94. The molecule has 15 heavy (non-hydrogen) atoms. The Labute approximate surface area is 95.6 Å². The van der Waals surface area contributed by atoms with Crippen LogP contribution in [0.3, 0.4) is 0 Å². The number of para-hydroxylation sites is 1. The molecular formula is C11H15N3S. The maximum absolute atomic E-state index is 5.07. The zero-order valence-electron chi connectivity index (χ0n) is 8.95. The molecule has 0 bridgehead atoms. The summed E-state index contributed by atoms with van der Waals surface area (Å²) in [4.78, 5) is 0. The van der Waals surface area contributed by atoms with Gasteiger partial charge in [0.25, 0.3) is 0 Å². The molecule has 3 nitrogen and oxygen atoms in total. The second kappa shape index (κ2) is 6.14. The molecule has 0 aromatic heterocycles. The first-order chi connectivity index (χ1) is 7.22. The second-order valence-electron chi connectivity index (χ2n) is 3.13. The number of nitrogens with zero attached hydrogens (tertiary/aromatic N) is 1. The highest BCUT2D eigenvalue weighted by molar-refractivity contribution is 7.80. The smallest absolute Gasteiger partial charge is 0.191 e. The van der Waals surface area contributed by atoms with Gasteiger partial charge in [0.15, 0.2) is 5.11 Å². The van der Waals surface area contributed by atoms with Crippen LogP contribution >= 0.6 is 12.2 Å². The highest BCUT2D eigenvalue weighted by Crippen LogP contribution is 2.04. The molecule has 0 saturated carbocycles. The topological polar surface area (TPSA) is 36.4 Å². The molecule has 0 aliphatic rings. The van der Waals surface area contributed by atoms with Crippen molar-refractivity contribution in [3.8, 4) is 0 Å². The fourth-order valence-corrected chi connectivity index (χ4v) is 1.07. The first-order valence-electron chi connectivity index (χ1n) is 4.87. The van der Waals surface area contributed by atoms with E-state index < -0.39 is 0 Å². The van der Waals surface area contributed by atoms with Crippen LogP contribution in [0.25, 0.3) is 0 Å². The maximum Gasteiger partial charge on any atom is 0.191 e. The minimum Gasteiger partial charge on any atom is -0.331 e. The van der Waals surface area contributed by atoms with E-state index in [4.69, 9.17) is 12.2 Å². The van der Waals surface area contributed by atoms with Crippen LogP contribution in [0.15, 0.2) is 35.4 Å². The molecular weight excluding hydrogens is 206 g/mol. The molecule has 1 rings (SSSR count). The van der Waals surface area contributed by atoms with Gasteiger partial charge in [0, 0.05) is 11.4 Å². The Morgan fingerprint density at radius 2 is 2.00 bits per heavy atom. The van der Waals surface area contributed by atoms with Crippen molar-refractivity contribution in [3.63, 3.8) is 0 Å². The van der Waals surface area contributed by atoms with Crippen molar-refractivity contribution < 1.29 is 0 Å². The van der Waals surface area contributed by atoms with Gasteiger partial charge in [-0.15, -0.1) is 0 Å². The molecule has 2 N–H and O–H groups in total. The Balaban J connectivity index is 2.44. The second-order valence-corrected chi connectivity index (χ2v) is 3.54. The first-order valence-corrected chi connectivity index (χ1v) is 5.28. The van der Waals surface area contributed by atoms with E-state index in [0.29, 0.717) is 5.11 Å². The first kappa shape index (κ1) is 11.7. The molecule has 1 aromatic rings. The molecule has 0 saturated heterocycles. The van der Waals surface area contributed by atoms with Crippen molar-refractivity contribution in [2.24, 2.45) is 5.10 Å². The lowest BCUT2D eigenvalue weighted by molar-refractivity contribution is 1.02. The monoisotopic (exact) mass is 221 g/mol. The number of hydrazone groups is 1. The van der Waals surface area contributed by atoms with E-state index in [1.165, 1.54) is 0 Å². The van der Waals surface area contributed by atoms with Crippen molar-refractivity contribution in [2.45, 2.75) is 20.3 Å². The number of thiocarbonyl (C=S) groups is 1. The summed E-state index contributed by atoms with van der Waals surface area (Å²) in [5.74, 6) is 0. The molecule has 80 valence electrons. The predicted molar refractivity (Wildman–Crippen MR) is 69.2 cm³/mol. The van der Waals surface area contributed by atoms with Crippen molar-refractivity contribution in [2.75, 3.05) is 5.32 Å². The van der Waals surface area contributed by atoms with Crippen molar-refractivity contribution in [3.05, 3.63) is 30.3 Å². The Bertz CT molecular complexity index is 346. The van der Waals surface area contributed by atoms with E-state index in [-0.39, 0.29) is 0 Å². The van der Waals surface area contributed by atoms with E-state index in [1.807, 2.05) is 44.2 Å². The molecule has 0 aliphatic heterocycles. The summed E-state index contributed by atoms with van der Waals surface area (Å²) in [6, 6.07) is 9.76. The van der Waals surface area contributed by atoms with Gasteiger partial charge in [-0.1, -0.05) is 25.1 Å². The van der Waals surface area contributed by atoms with Gasteiger partial charge < -0.3 is 5.32 Å². The van der Waals surface area contributed by atoms with Crippen LogP contribution in [0.5, 0.6) is 0 Å². The molecule has 0 amide bonds. The van der Waals surface area contributed by atoms with Gasteiger partial charge in [0.05, 0.1) is 0 Å². The van der Waals surface area contributed by atoms with Gasteiger partial charge >= 0.3 is 0 Å². The number of rotatable bonds is 3. The summed E-state index contributed by atoms with van der Waals surface area (Å²) in [5, 5.41) is 7.64. The summed E-state index contributed by atoms with van der Waals surface area (Å²) in [5.41, 5.74) is 4.77. The highest BCUT2D eigenvalue weighted by atomic mass is 32.1. The fourth-order valence-electron chi connectivity index (χ4n) is 0.906. The Kier molecular flexibility index (Phi) is 4.77. The summed E-state index contributed by atoms with van der Waals surface area (Å²) < 4.78 is 0. The fraction of sp³-hybridized carbons (Fsp3) is 0.273. The van der Waals surface area contributed by atoms with E-state index in [9.17, 15) is 0 Å². The number of hydrogen-bond acceptors (Lipinski definition) is 2. The van der Waals surface area contributed by atoms with Crippen LogP contribution in [0, 0.1) is 0 Å². The molecule has 4 heteroatoms.